The summed E-state index contributed by atoms with van der Waals surface area (Å²) in [4.78, 5) is 22.9. The predicted octanol–water partition coefficient (Wildman–Crippen LogP) is 2.91. The summed E-state index contributed by atoms with van der Waals surface area (Å²) in [7, 11) is 0. The number of carbonyl (C=O) groups excluding carboxylic acids is 1. The van der Waals surface area contributed by atoms with Gasteiger partial charge in [0.05, 0.1) is 6.61 Å². The molecule has 0 heterocycles. The quantitative estimate of drug-likeness (QED) is 0.688. The highest BCUT2D eigenvalue weighted by molar-refractivity contribution is 5.86. The van der Waals surface area contributed by atoms with Crippen molar-refractivity contribution in [3.05, 3.63) is 29.8 Å². The lowest BCUT2D eigenvalue weighted by Gasteiger charge is -2.24. The number of carbonyl (C=O) groups is 2. The Morgan fingerprint density at radius 1 is 1.32 bits per heavy atom. The second-order valence-corrected chi connectivity index (χ2v) is 5.66. The molecule has 1 amide bonds. The van der Waals surface area contributed by atoms with E-state index in [0.29, 0.717) is 25.9 Å². The van der Waals surface area contributed by atoms with Crippen molar-refractivity contribution in [3.8, 4) is 5.75 Å². The summed E-state index contributed by atoms with van der Waals surface area (Å²) >= 11 is 0. The van der Waals surface area contributed by atoms with Gasteiger partial charge >= 0.3 is 5.97 Å². The molecule has 1 aromatic carbocycles. The van der Waals surface area contributed by atoms with Crippen molar-refractivity contribution >= 4 is 11.9 Å². The lowest BCUT2D eigenvalue weighted by molar-refractivity contribution is -0.147. The molecular weight excluding hydrogens is 282 g/mol. The van der Waals surface area contributed by atoms with E-state index in [1.54, 1.807) is 6.92 Å². The first-order valence-corrected chi connectivity index (χ1v) is 7.61. The van der Waals surface area contributed by atoms with Crippen molar-refractivity contribution in [1.82, 2.24) is 5.32 Å². The van der Waals surface area contributed by atoms with Crippen LogP contribution in [0, 0.1) is 6.92 Å². The maximum Gasteiger partial charge on any atom is 0.329 e. The zero-order valence-corrected chi connectivity index (χ0v) is 13.5. The molecule has 1 unspecified atom stereocenters. The summed E-state index contributed by atoms with van der Waals surface area (Å²) in [5, 5.41) is 11.7. The third-order valence-corrected chi connectivity index (χ3v) is 3.65. The number of hydrogen-bond donors (Lipinski definition) is 2. The average Bonchev–Trinajstić information content (AvgIpc) is 2.46. The van der Waals surface area contributed by atoms with Gasteiger partial charge in [-0.1, -0.05) is 19.1 Å². The van der Waals surface area contributed by atoms with Crippen molar-refractivity contribution in [2.45, 2.75) is 52.0 Å². The summed E-state index contributed by atoms with van der Waals surface area (Å²) in [5.74, 6) is -0.415. The SMILES string of the molecule is CCC(C)(NC(=O)CCCCOc1cccc(C)c1)C(=O)O. The van der Waals surface area contributed by atoms with E-state index in [9.17, 15) is 9.59 Å². The molecule has 1 atom stereocenters. The summed E-state index contributed by atoms with van der Waals surface area (Å²) in [5.41, 5.74) is -0.0424. The van der Waals surface area contributed by atoms with E-state index in [0.717, 1.165) is 17.7 Å². The molecular formula is C17H25NO4. The highest BCUT2D eigenvalue weighted by atomic mass is 16.5. The number of aryl methyl sites for hydroxylation is 1. The van der Waals surface area contributed by atoms with Crippen LogP contribution in [0.15, 0.2) is 24.3 Å². The van der Waals surface area contributed by atoms with Gasteiger partial charge < -0.3 is 15.2 Å². The molecule has 0 spiro atoms. The zero-order valence-electron chi connectivity index (χ0n) is 13.5. The lowest BCUT2D eigenvalue weighted by Crippen LogP contribution is -2.51. The molecule has 122 valence electrons. The van der Waals surface area contributed by atoms with Crippen LogP contribution in [-0.4, -0.2) is 29.1 Å². The summed E-state index contributed by atoms with van der Waals surface area (Å²) < 4.78 is 5.60. The maximum absolute atomic E-state index is 11.8. The molecule has 0 bridgehead atoms. The van der Waals surface area contributed by atoms with E-state index in [2.05, 4.69) is 5.32 Å². The maximum atomic E-state index is 11.8. The van der Waals surface area contributed by atoms with Crippen LogP contribution in [0.2, 0.25) is 0 Å². The van der Waals surface area contributed by atoms with Gasteiger partial charge in [-0.25, -0.2) is 4.79 Å². The van der Waals surface area contributed by atoms with Crippen molar-refractivity contribution in [2.24, 2.45) is 0 Å². The zero-order chi connectivity index (χ0) is 16.6. The van der Waals surface area contributed by atoms with Crippen LogP contribution in [0.25, 0.3) is 0 Å². The molecule has 0 saturated heterocycles. The van der Waals surface area contributed by atoms with Gasteiger partial charge in [-0.05, 0) is 50.8 Å². The summed E-state index contributed by atoms with van der Waals surface area (Å²) in [6.07, 6.45) is 2.07. The molecule has 0 saturated carbocycles. The number of hydrogen-bond acceptors (Lipinski definition) is 3. The monoisotopic (exact) mass is 307 g/mol. The summed E-state index contributed by atoms with van der Waals surface area (Å²) in [6.45, 7) is 5.81. The molecule has 0 aliphatic heterocycles. The summed E-state index contributed by atoms with van der Waals surface area (Å²) in [6, 6.07) is 7.81. The number of carboxylic acids is 1. The first-order valence-electron chi connectivity index (χ1n) is 7.61. The van der Waals surface area contributed by atoms with E-state index < -0.39 is 11.5 Å². The van der Waals surface area contributed by atoms with Gasteiger partial charge in [-0.3, -0.25) is 4.79 Å². The Morgan fingerprint density at radius 3 is 2.64 bits per heavy atom. The molecule has 2 N–H and O–H groups in total. The van der Waals surface area contributed by atoms with E-state index in [1.165, 1.54) is 6.92 Å². The van der Waals surface area contributed by atoms with E-state index in [4.69, 9.17) is 9.84 Å². The third-order valence-electron chi connectivity index (χ3n) is 3.65. The molecule has 0 radical (unpaired) electrons. The molecule has 0 aliphatic rings. The molecule has 1 rings (SSSR count). The van der Waals surface area contributed by atoms with Gasteiger partial charge in [0.2, 0.25) is 5.91 Å². The van der Waals surface area contributed by atoms with Crippen LogP contribution in [0.1, 0.15) is 45.1 Å². The largest absolute Gasteiger partial charge is 0.494 e. The first kappa shape index (κ1) is 18.0. The van der Waals surface area contributed by atoms with Crippen LogP contribution < -0.4 is 10.1 Å². The number of nitrogens with one attached hydrogen (secondary N) is 1. The smallest absolute Gasteiger partial charge is 0.329 e. The Hall–Kier alpha value is -2.04. The average molecular weight is 307 g/mol. The highest BCUT2D eigenvalue weighted by Gasteiger charge is 2.32. The van der Waals surface area contributed by atoms with Gasteiger partial charge in [0.1, 0.15) is 11.3 Å². The Kier molecular flexibility index (Phi) is 6.89. The van der Waals surface area contributed by atoms with Gasteiger partial charge in [0, 0.05) is 6.42 Å². The van der Waals surface area contributed by atoms with Gasteiger partial charge in [0.25, 0.3) is 0 Å². The number of unbranched alkanes of at least 4 members (excludes halogenated alkanes) is 1. The molecule has 1 aromatic rings. The number of benzene rings is 1. The minimum atomic E-state index is -1.19. The van der Waals surface area contributed by atoms with Crippen LogP contribution in [0.5, 0.6) is 5.75 Å². The lowest BCUT2D eigenvalue weighted by atomic mass is 9.99. The minimum Gasteiger partial charge on any atom is -0.494 e. The fourth-order valence-corrected chi connectivity index (χ4v) is 1.95. The molecule has 0 aromatic heterocycles. The Bertz CT molecular complexity index is 515. The van der Waals surface area contributed by atoms with E-state index >= 15 is 0 Å². The third kappa shape index (κ3) is 5.76. The Morgan fingerprint density at radius 2 is 2.05 bits per heavy atom. The van der Waals surface area contributed by atoms with Crippen LogP contribution in [0.3, 0.4) is 0 Å². The van der Waals surface area contributed by atoms with Crippen LogP contribution in [0.4, 0.5) is 0 Å². The molecule has 5 nitrogen and oxygen atoms in total. The number of rotatable bonds is 9. The fraction of sp³-hybridized carbons (Fsp3) is 0.529. The second-order valence-electron chi connectivity index (χ2n) is 5.66. The standard InChI is InChI=1S/C17H25NO4/c1-4-17(3,16(20)21)18-15(19)10-5-6-11-22-14-9-7-8-13(2)12-14/h7-9,12H,4-6,10-11H2,1-3H3,(H,18,19)(H,20,21). The van der Waals surface area contributed by atoms with Crippen molar-refractivity contribution in [2.75, 3.05) is 6.61 Å². The van der Waals surface area contributed by atoms with Crippen LogP contribution in [-0.2, 0) is 9.59 Å². The molecule has 5 heteroatoms. The van der Waals surface area contributed by atoms with Crippen molar-refractivity contribution in [1.29, 1.82) is 0 Å². The second kappa shape index (κ2) is 8.41. The predicted molar refractivity (Wildman–Crippen MR) is 85.0 cm³/mol. The molecule has 0 aliphatic carbocycles. The minimum absolute atomic E-state index is 0.234. The Labute approximate surface area is 131 Å². The van der Waals surface area contributed by atoms with Gasteiger partial charge in [-0.2, -0.15) is 0 Å². The van der Waals surface area contributed by atoms with Crippen molar-refractivity contribution in [3.63, 3.8) is 0 Å². The number of aliphatic carboxylic acids is 1. The normalized spacial score (nSPS) is 13.2. The topological polar surface area (TPSA) is 75.6 Å². The van der Waals surface area contributed by atoms with Gasteiger partial charge in [0.15, 0.2) is 0 Å². The molecule has 0 fully saturated rings. The van der Waals surface area contributed by atoms with Crippen molar-refractivity contribution < 1.29 is 19.4 Å². The number of amides is 1. The number of carboxylic acid groups (broad SMARTS) is 1. The highest BCUT2D eigenvalue weighted by Crippen LogP contribution is 2.13. The molecule has 22 heavy (non-hydrogen) atoms. The Balaban J connectivity index is 2.24. The van der Waals surface area contributed by atoms with E-state index in [-0.39, 0.29) is 5.91 Å². The first-order chi connectivity index (χ1) is 10.4. The van der Waals surface area contributed by atoms with Gasteiger partial charge in [-0.15, -0.1) is 0 Å². The van der Waals surface area contributed by atoms with Crippen LogP contribution >= 0.6 is 0 Å². The number of ether oxygens (including phenoxy) is 1. The fourth-order valence-electron chi connectivity index (χ4n) is 1.95. The van der Waals surface area contributed by atoms with E-state index in [1.807, 2.05) is 31.2 Å².